The van der Waals surface area contributed by atoms with Crippen molar-refractivity contribution in [1.82, 2.24) is 0 Å². The van der Waals surface area contributed by atoms with Gasteiger partial charge in [-0.25, -0.2) is 8.42 Å². The molecule has 1 amide bonds. The molecule has 0 radical (unpaired) electrons. The van der Waals surface area contributed by atoms with Crippen molar-refractivity contribution in [3.63, 3.8) is 0 Å². The van der Waals surface area contributed by atoms with Gasteiger partial charge in [0, 0.05) is 11.1 Å². The van der Waals surface area contributed by atoms with E-state index in [1.54, 1.807) is 42.5 Å². The number of hydrogen-bond donors (Lipinski definition) is 2. The van der Waals surface area contributed by atoms with E-state index in [0.29, 0.717) is 22.6 Å². The van der Waals surface area contributed by atoms with Crippen LogP contribution in [-0.2, 0) is 10.0 Å². The number of rotatable bonds is 3. The second-order valence-corrected chi connectivity index (χ2v) is 9.00. The first-order valence-corrected chi connectivity index (χ1v) is 11.1. The summed E-state index contributed by atoms with van der Waals surface area (Å²) in [7, 11) is -3.87. The maximum atomic E-state index is 13.1. The second kappa shape index (κ2) is 7.14. The topological polar surface area (TPSA) is 84.5 Å². The van der Waals surface area contributed by atoms with E-state index in [2.05, 4.69) is 10.0 Å². The second-order valence-electron chi connectivity index (χ2n) is 7.35. The van der Waals surface area contributed by atoms with Crippen LogP contribution in [0.4, 0.5) is 11.4 Å². The number of amides is 1. The van der Waals surface area contributed by atoms with Crippen molar-refractivity contribution in [2.45, 2.75) is 11.8 Å². The smallest absolute Gasteiger partial charge is 0.262 e. The van der Waals surface area contributed by atoms with E-state index in [0.717, 1.165) is 10.9 Å². The Bertz CT molecular complexity index is 1460. The summed E-state index contributed by atoms with van der Waals surface area (Å²) in [4.78, 5) is 12.9. The van der Waals surface area contributed by atoms with Gasteiger partial charge in [-0.15, -0.1) is 0 Å². The number of sulfonamides is 1. The highest BCUT2D eigenvalue weighted by atomic mass is 32.2. The van der Waals surface area contributed by atoms with Crippen LogP contribution < -0.4 is 14.8 Å². The van der Waals surface area contributed by atoms with E-state index in [9.17, 15) is 13.2 Å². The fourth-order valence-corrected chi connectivity index (χ4v) is 4.92. The van der Waals surface area contributed by atoms with Gasteiger partial charge in [0.05, 0.1) is 16.1 Å². The van der Waals surface area contributed by atoms with Gasteiger partial charge in [0.2, 0.25) is 0 Å². The molecule has 7 heteroatoms. The monoisotopic (exact) mass is 430 g/mol. The van der Waals surface area contributed by atoms with Crippen molar-refractivity contribution >= 4 is 38.1 Å². The van der Waals surface area contributed by atoms with Gasteiger partial charge in [-0.05, 0) is 54.3 Å². The molecule has 0 saturated heterocycles. The maximum Gasteiger partial charge on any atom is 0.262 e. The number of carbonyl (C=O) groups excluding carboxylic acids is 1. The molecule has 0 aromatic heterocycles. The van der Waals surface area contributed by atoms with Gasteiger partial charge in [-0.3, -0.25) is 9.52 Å². The Morgan fingerprint density at radius 3 is 2.52 bits per heavy atom. The molecule has 0 unspecified atom stereocenters. The number of benzene rings is 4. The molecule has 0 spiro atoms. The third-order valence-electron chi connectivity index (χ3n) is 5.12. The van der Waals surface area contributed by atoms with E-state index >= 15 is 0 Å². The average molecular weight is 430 g/mol. The summed E-state index contributed by atoms with van der Waals surface area (Å²) in [6.07, 6.45) is 0. The SMILES string of the molecule is Cc1ccc2c(c1)NC(=O)c1cc(NS(=O)(=O)c3cccc4ccccc34)ccc1O2. The van der Waals surface area contributed by atoms with Crippen LogP contribution in [0.25, 0.3) is 10.8 Å². The van der Waals surface area contributed by atoms with Crippen molar-refractivity contribution in [3.8, 4) is 11.5 Å². The quantitative estimate of drug-likeness (QED) is 0.461. The molecule has 6 nitrogen and oxygen atoms in total. The summed E-state index contributed by atoms with van der Waals surface area (Å²) in [5.41, 5.74) is 2.07. The van der Waals surface area contributed by atoms with Crippen molar-refractivity contribution < 1.29 is 17.9 Å². The number of hydrogen-bond acceptors (Lipinski definition) is 4. The Morgan fingerprint density at radius 2 is 1.65 bits per heavy atom. The van der Waals surface area contributed by atoms with Crippen LogP contribution >= 0.6 is 0 Å². The number of nitrogens with one attached hydrogen (secondary N) is 2. The van der Waals surface area contributed by atoms with Crippen molar-refractivity contribution in [2.24, 2.45) is 0 Å². The number of ether oxygens (including phenoxy) is 1. The first-order valence-electron chi connectivity index (χ1n) is 9.65. The lowest BCUT2D eigenvalue weighted by Gasteiger charge is -2.12. The summed E-state index contributed by atoms with van der Waals surface area (Å²) in [5.74, 6) is 0.514. The molecular weight excluding hydrogens is 412 g/mol. The average Bonchev–Trinajstić information content (AvgIpc) is 2.88. The van der Waals surface area contributed by atoms with Gasteiger partial charge in [0.1, 0.15) is 5.75 Å². The summed E-state index contributed by atoms with van der Waals surface area (Å²) in [5, 5.41) is 4.28. The van der Waals surface area contributed by atoms with Crippen molar-refractivity contribution in [2.75, 3.05) is 10.0 Å². The lowest BCUT2D eigenvalue weighted by Crippen LogP contribution is -2.15. The fraction of sp³-hybridized carbons (Fsp3) is 0.0417. The largest absolute Gasteiger partial charge is 0.454 e. The minimum Gasteiger partial charge on any atom is -0.454 e. The zero-order valence-electron chi connectivity index (χ0n) is 16.5. The van der Waals surface area contributed by atoms with E-state index in [1.807, 2.05) is 37.3 Å². The molecule has 4 aromatic carbocycles. The van der Waals surface area contributed by atoms with Crippen LogP contribution in [0.3, 0.4) is 0 Å². The standard InChI is InChI=1S/C24H18N2O4S/c1-15-9-11-22-20(13-15)25-24(27)19-14-17(10-12-21(19)30-22)26-31(28,29)23-8-4-6-16-5-2-3-7-18(16)23/h2-14,26H,1H3,(H,25,27). The number of carbonyl (C=O) groups is 1. The predicted molar refractivity (Wildman–Crippen MR) is 120 cm³/mol. The van der Waals surface area contributed by atoms with E-state index < -0.39 is 10.0 Å². The summed E-state index contributed by atoms with van der Waals surface area (Å²) >= 11 is 0. The van der Waals surface area contributed by atoms with Crippen LogP contribution in [0.2, 0.25) is 0 Å². The Labute approximate surface area is 179 Å². The molecule has 31 heavy (non-hydrogen) atoms. The van der Waals surface area contributed by atoms with Gasteiger partial charge in [-0.2, -0.15) is 0 Å². The van der Waals surface area contributed by atoms with Crippen LogP contribution in [0, 0.1) is 6.92 Å². The molecule has 2 N–H and O–H groups in total. The molecule has 1 aliphatic rings. The van der Waals surface area contributed by atoms with E-state index in [-0.39, 0.29) is 22.1 Å². The lowest BCUT2D eigenvalue weighted by molar-refractivity contribution is 0.102. The summed E-state index contributed by atoms with van der Waals surface area (Å²) < 4.78 is 34.7. The minimum absolute atomic E-state index is 0.170. The third kappa shape index (κ3) is 3.49. The highest BCUT2D eigenvalue weighted by molar-refractivity contribution is 7.93. The van der Waals surface area contributed by atoms with Crippen LogP contribution in [0.15, 0.2) is 83.8 Å². The molecule has 0 bridgehead atoms. The van der Waals surface area contributed by atoms with Crippen LogP contribution in [0.1, 0.15) is 15.9 Å². The van der Waals surface area contributed by atoms with Gasteiger partial charge < -0.3 is 10.1 Å². The number of fused-ring (bicyclic) bond motifs is 3. The molecule has 1 heterocycles. The van der Waals surface area contributed by atoms with Crippen molar-refractivity contribution in [3.05, 3.63) is 90.0 Å². The van der Waals surface area contributed by atoms with Crippen LogP contribution in [-0.4, -0.2) is 14.3 Å². The van der Waals surface area contributed by atoms with Gasteiger partial charge in [-0.1, -0.05) is 42.5 Å². The zero-order chi connectivity index (χ0) is 21.6. The highest BCUT2D eigenvalue weighted by Crippen LogP contribution is 2.37. The van der Waals surface area contributed by atoms with Crippen molar-refractivity contribution in [1.29, 1.82) is 0 Å². The van der Waals surface area contributed by atoms with Crippen LogP contribution in [0.5, 0.6) is 11.5 Å². The molecule has 1 aliphatic heterocycles. The minimum atomic E-state index is -3.87. The molecule has 154 valence electrons. The maximum absolute atomic E-state index is 13.1. The summed E-state index contributed by atoms with van der Waals surface area (Å²) in [6, 6.07) is 22.5. The van der Waals surface area contributed by atoms with E-state index in [1.165, 1.54) is 6.07 Å². The van der Waals surface area contributed by atoms with Gasteiger partial charge >= 0.3 is 0 Å². The fourth-order valence-electron chi connectivity index (χ4n) is 3.64. The number of anilines is 2. The van der Waals surface area contributed by atoms with E-state index in [4.69, 9.17) is 4.74 Å². The summed E-state index contributed by atoms with van der Waals surface area (Å²) in [6.45, 7) is 1.92. The Hall–Kier alpha value is -3.84. The van der Waals surface area contributed by atoms with Gasteiger partial charge in [0.25, 0.3) is 15.9 Å². The molecule has 0 fully saturated rings. The zero-order valence-corrected chi connectivity index (χ0v) is 17.4. The Kier molecular flexibility index (Phi) is 4.41. The molecule has 0 aliphatic carbocycles. The third-order valence-corrected chi connectivity index (χ3v) is 6.56. The van der Waals surface area contributed by atoms with Gasteiger partial charge in [0.15, 0.2) is 5.75 Å². The first-order chi connectivity index (χ1) is 14.9. The first kappa shape index (κ1) is 19.1. The molecule has 5 rings (SSSR count). The molecule has 4 aromatic rings. The lowest BCUT2D eigenvalue weighted by atomic mass is 10.1. The molecular formula is C24H18N2O4S. The Morgan fingerprint density at radius 1 is 0.871 bits per heavy atom. The highest BCUT2D eigenvalue weighted by Gasteiger charge is 2.23. The molecule has 0 saturated carbocycles. The Balaban J connectivity index is 1.51. The normalized spacial score (nSPS) is 12.9. The molecule has 0 atom stereocenters. The predicted octanol–water partition coefficient (Wildman–Crippen LogP) is 5.31. The number of aryl methyl sites for hydroxylation is 1.